The zero-order valence-electron chi connectivity index (χ0n) is 20.5. The van der Waals surface area contributed by atoms with Crippen LogP contribution in [-0.2, 0) is 35.0 Å². The molecule has 2 aliphatic heterocycles. The summed E-state index contributed by atoms with van der Waals surface area (Å²) in [6.45, 7) is 3.20. The summed E-state index contributed by atoms with van der Waals surface area (Å²) in [5, 5.41) is 9.54. The first-order chi connectivity index (χ1) is 17.2. The van der Waals surface area contributed by atoms with Crippen LogP contribution < -0.4 is 16.0 Å². The number of carbonyl (C=O) groups excluding carboxylic acids is 2. The first kappa shape index (κ1) is 28.4. The fourth-order valence-corrected chi connectivity index (χ4v) is 6.25. The van der Waals surface area contributed by atoms with Gasteiger partial charge in [-0.1, -0.05) is 18.6 Å². The van der Waals surface area contributed by atoms with E-state index in [1.165, 1.54) is 0 Å². The van der Waals surface area contributed by atoms with E-state index in [4.69, 9.17) is 0 Å². The van der Waals surface area contributed by atoms with Gasteiger partial charge in [-0.25, -0.2) is 4.79 Å². The van der Waals surface area contributed by atoms with E-state index in [-0.39, 0.29) is 41.1 Å². The normalized spacial score (nSPS) is 20.4. The largest absolute Gasteiger partial charge is 0.356 e. The number of urea groups is 1. The van der Waals surface area contributed by atoms with Crippen LogP contribution in [0.25, 0.3) is 0 Å². The standard InChI is InChI=1S/C26H36N6O2S.Fe/c33-24(12-2-1-11-23-25-22(19-35-23)30-26(34)31-25)29-15-7-8-16-32(17-20-9-3-5-13-27-20)18-21-10-4-6-14-28-21;/h3-6,9-10,13-14,22-23,25H,1-2,7-8,11-12,15-19H2,(H,29,33)(H2,30,31,34);/t22-,23-,25-;/m0./s1. The Hall–Kier alpha value is -2.13. The fourth-order valence-electron chi connectivity index (χ4n) is 4.71. The number of rotatable bonds is 14. The molecular weight excluding hydrogens is 516 g/mol. The third-order valence-electron chi connectivity index (χ3n) is 6.53. The topological polar surface area (TPSA) is 99.2 Å². The van der Waals surface area contributed by atoms with Crippen molar-refractivity contribution < 1.29 is 26.7 Å². The number of carbonyl (C=O) groups is 2. The second-order valence-corrected chi connectivity index (χ2v) is 10.5. The molecule has 2 saturated heterocycles. The first-order valence-corrected chi connectivity index (χ1v) is 13.7. The summed E-state index contributed by atoms with van der Waals surface area (Å²) in [5.41, 5.74) is 2.10. The predicted molar refractivity (Wildman–Crippen MR) is 139 cm³/mol. The van der Waals surface area contributed by atoms with E-state index in [1.54, 1.807) is 0 Å². The van der Waals surface area contributed by atoms with Crippen LogP contribution >= 0.6 is 11.8 Å². The summed E-state index contributed by atoms with van der Waals surface area (Å²) in [6, 6.07) is 12.5. The molecule has 0 radical (unpaired) electrons. The number of hydrogen-bond donors (Lipinski definition) is 3. The Balaban J connectivity index is 0.00000361. The number of pyridine rings is 2. The van der Waals surface area contributed by atoms with Crippen molar-refractivity contribution >= 4 is 23.7 Å². The molecule has 4 heterocycles. The van der Waals surface area contributed by atoms with Gasteiger partial charge in [0.05, 0.1) is 23.5 Å². The van der Waals surface area contributed by atoms with E-state index in [1.807, 2.05) is 48.4 Å². The van der Waals surface area contributed by atoms with E-state index in [0.29, 0.717) is 18.2 Å². The Kier molecular flexibility index (Phi) is 12.0. The molecule has 2 fully saturated rings. The molecule has 2 aromatic heterocycles. The number of amides is 3. The molecule has 3 amide bonds. The van der Waals surface area contributed by atoms with Crippen molar-refractivity contribution in [3.8, 4) is 0 Å². The van der Waals surface area contributed by atoms with Crippen molar-refractivity contribution in [2.75, 3.05) is 18.8 Å². The average molecular weight is 553 g/mol. The maximum atomic E-state index is 12.2. The van der Waals surface area contributed by atoms with Gasteiger partial charge in [-0.15, -0.1) is 0 Å². The summed E-state index contributed by atoms with van der Waals surface area (Å²) >= 11 is 1.93. The van der Waals surface area contributed by atoms with Crippen molar-refractivity contribution in [1.82, 2.24) is 30.8 Å². The molecule has 0 spiro atoms. The summed E-state index contributed by atoms with van der Waals surface area (Å²) in [4.78, 5) is 35.0. The van der Waals surface area contributed by atoms with Gasteiger partial charge in [-0.05, 0) is 56.5 Å². The molecule has 4 rings (SSSR count). The molecule has 3 atom stereocenters. The summed E-state index contributed by atoms with van der Waals surface area (Å²) in [5.74, 6) is 1.12. The van der Waals surface area contributed by atoms with Crippen molar-refractivity contribution in [2.24, 2.45) is 0 Å². The van der Waals surface area contributed by atoms with Gasteiger partial charge in [0.25, 0.3) is 0 Å². The minimum atomic E-state index is -0.0405. The minimum absolute atomic E-state index is 0. The number of hydrogen-bond acceptors (Lipinski definition) is 6. The van der Waals surface area contributed by atoms with Crippen LogP contribution in [-0.4, -0.2) is 63.0 Å². The van der Waals surface area contributed by atoms with Crippen molar-refractivity contribution in [3.63, 3.8) is 0 Å². The average Bonchev–Trinajstić information content (AvgIpc) is 3.42. The molecule has 0 saturated carbocycles. The molecule has 196 valence electrons. The molecule has 36 heavy (non-hydrogen) atoms. The molecule has 0 unspecified atom stereocenters. The number of nitrogens with zero attached hydrogens (tertiary/aromatic N) is 3. The third kappa shape index (κ3) is 9.07. The van der Waals surface area contributed by atoms with E-state index in [2.05, 4.69) is 43.0 Å². The van der Waals surface area contributed by atoms with E-state index in [9.17, 15) is 9.59 Å². The van der Waals surface area contributed by atoms with E-state index >= 15 is 0 Å². The molecule has 0 aromatic carbocycles. The Labute approximate surface area is 228 Å². The van der Waals surface area contributed by atoms with Crippen LogP contribution in [0.3, 0.4) is 0 Å². The van der Waals surface area contributed by atoms with Gasteiger partial charge in [0.1, 0.15) is 0 Å². The molecule has 2 aliphatic rings. The quantitative estimate of drug-likeness (QED) is 0.189. The smallest absolute Gasteiger partial charge is 0.315 e. The molecule has 10 heteroatoms. The Morgan fingerprint density at radius 1 is 1.00 bits per heavy atom. The van der Waals surface area contributed by atoms with Gasteiger partial charge < -0.3 is 16.0 Å². The Bertz CT molecular complexity index is 897. The fraction of sp³-hybridized carbons (Fsp3) is 0.538. The molecule has 0 aliphatic carbocycles. The van der Waals surface area contributed by atoms with Crippen molar-refractivity contribution in [2.45, 2.75) is 68.9 Å². The van der Waals surface area contributed by atoms with Crippen molar-refractivity contribution in [1.29, 1.82) is 0 Å². The molecule has 8 nitrogen and oxygen atoms in total. The number of thioether (sulfide) groups is 1. The maximum Gasteiger partial charge on any atom is 0.315 e. The number of fused-ring (bicyclic) bond motifs is 1. The zero-order valence-corrected chi connectivity index (χ0v) is 22.5. The summed E-state index contributed by atoms with van der Waals surface area (Å²) in [7, 11) is 0. The number of unbranched alkanes of at least 4 members (excludes halogenated alkanes) is 2. The van der Waals surface area contributed by atoms with Gasteiger partial charge in [0.15, 0.2) is 0 Å². The molecule has 3 N–H and O–H groups in total. The number of aromatic nitrogens is 2. The Morgan fingerprint density at radius 2 is 1.72 bits per heavy atom. The molecule has 2 aromatic rings. The van der Waals surface area contributed by atoms with Crippen LogP contribution in [0, 0.1) is 0 Å². The number of nitrogens with one attached hydrogen (secondary N) is 3. The van der Waals surface area contributed by atoms with Crippen LogP contribution in [0.15, 0.2) is 48.8 Å². The van der Waals surface area contributed by atoms with E-state index < -0.39 is 0 Å². The van der Waals surface area contributed by atoms with Crippen molar-refractivity contribution in [3.05, 3.63) is 60.2 Å². The molecular formula is C26H36FeN6O2S. The summed E-state index contributed by atoms with van der Waals surface area (Å²) < 4.78 is 0. The molecule has 0 bridgehead atoms. The van der Waals surface area contributed by atoms with Crippen LogP contribution in [0.2, 0.25) is 0 Å². The van der Waals surface area contributed by atoms with Crippen LogP contribution in [0.5, 0.6) is 0 Å². The minimum Gasteiger partial charge on any atom is -0.356 e. The van der Waals surface area contributed by atoms with Gasteiger partial charge in [-0.3, -0.25) is 19.7 Å². The van der Waals surface area contributed by atoms with Gasteiger partial charge in [-0.2, -0.15) is 11.8 Å². The SMILES string of the molecule is O=C(CCCC[C@@H]1SC[C@@H]2NC(=O)N[C@@H]21)NCCCCN(Cc1ccccn1)Cc1ccccn1.[Fe]. The van der Waals surface area contributed by atoms with Gasteiger partial charge >= 0.3 is 6.03 Å². The van der Waals surface area contributed by atoms with Crippen LogP contribution in [0.4, 0.5) is 4.79 Å². The van der Waals surface area contributed by atoms with E-state index in [0.717, 1.165) is 68.9 Å². The Morgan fingerprint density at radius 3 is 2.39 bits per heavy atom. The maximum absolute atomic E-state index is 12.2. The second kappa shape index (κ2) is 15.2. The zero-order chi connectivity index (χ0) is 24.3. The monoisotopic (exact) mass is 552 g/mol. The van der Waals surface area contributed by atoms with Crippen LogP contribution in [0.1, 0.15) is 49.9 Å². The summed E-state index contributed by atoms with van der Waals surface area (Å²) in [6.07, 6.45) is 9.13. The second-order valence-electron chi connectivity index (χ2n) is 9.28. The predicted octanol–water partition coefficient (Wildman–Crippen LogP) is 3.10. The van der Waals surface area contributed by atoms with Gasteiger partial charge in [0, 0.05) is 66.5 Å². The first-order valence-electron chi connectivity index (χ1n) is 12.6. The van der Waals surface area contributed by atoms with Gasteiger partial charge in [0.2, 0.25) is 5.91 Å². The third-order valence-corrected chi connectivity index (χ3v) is 8.04.